The fourth-order valence-electron chi connectivity index (χ4n) is 2.06. The van der Waals surface area contributed by atoms with Gasteiger partial charge in [0.25, 0.3) is 0 Å². The molecule has 1 aliphatic heterocycles. The van der Waals surface area contributed by atoms with Crippen LogP contribution in [0.1, 0.15) is 19.8 Å². The summed E-state index contributed by atoms with van der Waals surface area (Å²) in [6.45, 7) is 4.66. The molecular formula is C10H18N4OS. The molecule has 0 bridgehead atoms. The SMILES string of the molecule is CCn1c(N(C)CC2CCCO2)n[nH]c1=S. The molecule has 1 N–H and O–H groups in total. The van der Waals surface area contributed by atoms with Crippen molar-refractivity contribution in [3.05, 3.63) is 4.77 Å². The van der Waals surface area contributed by atoms with Crippen molar-refractivity contribution < 1.29 is 4.74 Å². The van der Waals surface area contributed by atoms with E-state index in [1.165, 1.54) is 6.42 Å². The number of aromatic nitrogens is 3. The number of nitrogens with zero attached hydrogens (tertiary/aromatic N) is 3. The number of aromatic amines is 1. The van der Waals surface area contributed by atoms with Crippen LogP contribution >= 0.6 is 12.2 Å². The van der Waals surface area contributed by atoms with Crippen molar-refractivity contribution in [1.82, 2.24) is 14.8 Å². The molecule has 6 heteroatoms. The fourth-order valence-corrected chi connectivity index (χ4v) is 2.32. The lowest BCUT2D eigenvalue weighted by Crippen LogP contribution is -2.30. The molecule has 2 rings (SSSR count). The summed E-state index contributed by atoms with van der Waals surface area (Å²) in [5.41, 5.74) is 0. The first-order valence-corrected chi connectivity index (χ1v) is 6.11. The number of rotatable bonds is 4. The van der Waals surface area contributed by atoms with Gasteiger partial charge in [0, 0.05) is 26.7 Å². The van der Waals surface area contributed by atoms with E-state index in [2.05, 4.69) is 22.0 Å². The zero-order valence-electron chi connectivity index (χ0n) is 9.77. The zero-order valence-corrected chi connectivity index (χ0v) is 10.6. The molecule has 0 aliphatic carbocycles. The summed E-state index contributed by atoms with van der Waals surface area (Å²) in [5, 5.41) is 7.07. The number of nitrogens with one attached hydrogen (secondary N) is 1. The van der Waals surface area contributed by atoms with E-state index in [4.69, 9.17) is 17.0 Å². The summed E-state index contributed by atoms with van der Waals surface area (Å²) in [6, 6.07) is 0. The molecule has 1 atom stereocenters. The predicted octanol–water partition coefficient (Wildman–Crippen LogP) is 1.58. The maximum Gasteiger partial charge on any atom is 0.225 e. The lowest BCUT2D eigenvalue weighted by Gasteiger charge is -2.21. The van der Waals surface area contributed by atoms with Crippen molar-refractivity contribution in [3.63, 3.8) is 0 Å². The molecule has 0 radical (unpaired) electrons. The Morgan fingerprint density at radius 1 is 1.69 bits per heavy atom. The van der Waals surface area contributed by atoms with E-state index in [-0.39, 0.29) is 0 Å². The van der Waals surface area contributed by atoms with E-state index in [9.17, 15) is 0 Å². The predicted molar refractivity (Wildman–Crippen MR) is 65.3 cm³/mol. The van der Waals surface area contributed by atoms with Gasteiger partial charge in [0.15, 0.2) is 4.77 Å². The molecule has 16 heavy (non-hydrogen) atoms. The summed E-state index contributed by atoms with van der Waals surface area (Å²) < 4.78 is 8.28. The topological polar surface area (TPSA) is 46.1 Å². The van der Waals surface area contributed by atoms with Gasteiger partial charge in [-0.1, -0.05) is 0 Å². The van der Waals surface area contributed by atoms with E-state index < -0.39 is 0 Å². The van der Waals surface area contributed by atoms with Crippen molar-refractivity contribution in [2.24, 2.45) is 0 Å². The normalized spacial score (nSPS) is 20.2. The van der Waals surface area contributed by atoms with Crippen LogP contribution in [0.3, 0.4) is 0 Å². The van der Waals surface area contributed by atoms with E-state index in [1.807, 2.05) is 11.6 Å². The Labute approximate surface area is 100 Å². The van der Waals surface area contributed by atoms with Gasteiger partial charge in [-0.25, -0.2) is 5.10 Å². The van der Waals surface area contributed by atoms with Gasteiger partial charge >= 0.3 is 0 Å². The first-order valence-electron chi connectivity index (χ1n) is 5.70. The minimum atomic E-state index is 0.334. The number of hydrogen-bond acceptors (Lipinski definition) is 4. The van der Waals surface area contributed by atoms with E-state index >= 15 is 0 Å². The number of likely N-dealkylation sites (N-methyl/N-ethyl adjacent to an activating group) is 1. The van der Waals surface area contributed by atoms with Gasteiger partial charge in [0.2, 0.25) is 5.95 Å². The Bertz CT molecular complexity index is 394. The number of ether oxygens (including phenoxy) is 1. The minimum absolute atomic E-state index is 0.334. The monoisotopic (exact) mass is 242 g/mol. The van der Waals surface area contributed by atoms with Gasteiger partial charge < -0.3 is 9.64 Å². The molecule has 1 aromatic rings. The molecule has 1 saturated heterocycles. The molecule has 5 nitrogen and oxygen atoms in total. The van der Waals surface area contributed by atoms with Gasteiger partial charge in [-0.15, -0.1) is 5.10 Å². The van der Waals surface area contributed by atoms with E-state index in [0.717, 1.165) is 32.1 Å². The minimum Gasteiger partial charge on any atom is -0.376 e. The van der Waals surface area contributed by atoms with Gasteiger partial charge in [0.05, 0.1) is 6.10 Å². The average Bonchev–Trinajstić information content (AvgIpc) is 2.87. The smallest absolute Gasteiger partial charge is 0.225 e. The highest BCUT2D eigenvalue weighted by Crippen LogP contribution is 2.16. The molecule has 1 fully saturated rings. The summed E-state index contributed by atoms with van der Waals surface area (Å²) >= 11 is 5.16. The zero-order chi connectivity index (χ0) is 11.5. The molecule has 90 valence electrons. The van der Waals surface area contributed by atoms with Crippen LogP contribution in [0, 0.1) is 4.77 Å². The Morgan fingerprint density at radius 3 is 3.12 bits per heavy atom. The molecular weight excluding hydrogens is 224 g/mol. The molecule has 0 spiro atoms. The standard InChI is InChI=1S/C10H18N4OS/c1-3-14-9(11-12-10(14)16)13(2)7-8-5-4-6-15-8/h8H,3-7H2,1-2H3,(H,12,16). The highest BCUT2D eigenvalue weighted by Gasteiger charge is 2.19. The van der Waals surface area contributed by atoms with Gasteiger partial charge in [-0.3, -0.25) is 4.57 Å². The van der Waals surface area contributed by atoms with Crippen LogP contribution in [0.15, 0.2) is 0 Å². The second kappa shape index (κ2) is 4.97. The largest absolute Gasteiger partial charge is 0.376 e. The third kappa shape index (κ3) is 2.27. The summed E-state index contributed by atoms with van der Waals surface area (Å²) in [7, 11) is 2.03. The van der Waals surface area contributed by atoms with E-state index in [1.54, 1.807) is 0 Å². The molecule has 1 aliphatic rings. The lowest BCUT2D eigenvalue weighted by atomic mass is 10.2. The average molecular weight is 242 g/mol. The van der Waals surface area contributed by atoms with Crippen molar-refractivity contribution in [2.75, 3.05) is 25.1 Å². The Hall–Kier alpha value is -0.880. The number of anilines is 1. The molecule has 2 heterocycles. The molecule has 1 aromatic heterocycles. The fraction of sp³-hybridized carbons (Fsp3) is 0.800. The summed E-state index contributed by atoms with van der Waals surface area (Å²) in [4.78, 5) is 2.10. The lowest BCUT2D eigenvalue weighted by molar-refractivity contribution is 0.116. The maximum atomic E-state index is 5.61. The maximum absolute atomic E-state index is 5.61. The molecule has 0 aromatic carbocycles. The molecule has 1 unspecified atom stereocenters. The number of hydrogen-bond donors (Lipinski definition) is 1. The number of H-pyrrole nitrogens is 1. The van der Waals surface area contributed by atoms with Gasteiger partial charge in [0.1, 0.15) is 0 Å². The van der Waals surface area contributed by atoms with Gasteiger partial charge in [-0.2, -0.15) is 0 Å². The second-order valence-electron chi connectivity index (χ2n) is 4.09. The van der Waals surface area contributed by atoms with Crippen LogP contribution in [0.25, 0.3) is 0 Å². The van der Waals surface area contributed by atoms with Crippen molar-refractivity contribution in [2.45, 2.75) is 32.4 Å². The Kier molecular flexibility index (Phi) is 3.60. The first kappa shape index (κ1) is 11.6. The highest BCUT2D eigenvalue weighted by atomic mass is 32.1. The van der Waals surface area contributed by atoms with Crippen LogP contribution in [0.2, 0.25) is 0 Å². The van der Waals surface area contributed by atoms with Crippen molar-refractivity contribution in [3.8, 4) is 0 Å². The van der Waals surface area contributed by atoms with Crippen LogP contribution < -0.4 is 4.90 Å². The Morgan fingerprint density at radius 2 is 2.50 bits per heavy atom. The van der Waals surface area contributed by atoms with Gasteiger partial charge in [-0.05, 0) is 32.0 Å². The third-order valence-electron chi connectivity index (χ3n) is 2.90. The van der Waals surface area contributed by atoms with Crippen LogP contribution in [0.5, 0.6) is 0 Å². The molecule has 0 amide bonds. The van der Waals surface area contributed by atoms with E-state index in [0.29, 0.717) is 10.9 Å². The van der Waals surface area contributed by atoms with Crippen LogP contribution in [-0.4, -0.2) is 41.1 Å². The summed E-state index contributed by atoms with van der Waals surface area (Å²) in [6.07, 6.45) is 2.64. The van der Waals surface area contributed by atoms with Crippen molar-refractivity contribution >= 4 is 18.2 Å². The Balaban J connectivity index is 2.07. The quantitative estimate of drug-likeness (QED) is 0.814. The van der Waals surface area contributed by atoms with Crippen LogP contribution in [0.4, 0.5) is 5.95 Å². The molecule has 0 saturated carbocycles. The van der Waals surface area contributed by atoms with Crippen molar-refractivity contribution in [1.29, 1.82) is 0 Å². The summed E-state index contributed by atoms with van der Waals surface area (Å²) in [5.74, 6) is 0.892. The van der Waals surface area contributed by atoms with Crippen LogP contribution in [-0.2, 0) is 11.3 Å². The first-order chi connectivity index (χ1) is 7.72. The highest BCUT2D eigenvalue weighted by molar-refractivity contribution is 7.71. The third-order valence-corrected chi connectivity index (χ3v) is 3.21. The second-order valence-corrected chi connectivity index (χ2v) is 4.48.